The zero-order chi connectivity index (χ0) is 21.8. The molecular formula is C27H43N3O. The van der Waals surface area contributed by atoms with Gasteiger partial charge in [0.2, 0.25) is 5.91 Å². The van der Waals surface area contributed by atoms with Crippen molar-refractivity contribution in [2.24, 2.45) is 11.8 Å². The van der Waals surface area contributed by atoms with Crippen LogP contribution in [-0.2, 0) is 17.6 Å². The molecule has 3 aliphatic rings. The van der Waals surface area contributed by atoms with Crippen LogP contribution in [0.1, 0.15) is 76.8 Å². The van der Waals surface area contributed by atoms with Crippen LogP contribution in [0.2, 0.25) is 0 Å². The van der Waals surface area contributed by atoms with Crippen molar-refractivity contribution in [3.05, 3.63) is 29.3 Å². The minimum absolute atomic E-state index is 0.235. The van der Waals surface area contributed by atoms with Crippen LogP contribution in [0, 0.1) is 11.8 Å². The van der Waals surface area contributed by atoms with Crippen LogP contribution >= 0.6 is 0 Å². The van der Waals surface area contributed by atoms with E-state index in [-0.39, 0.29) is 5.92 Å². The molecule has 2 fully saturated rings. The Labute approximate surface area is 189 Å². The van der Waals surface area contributed by atoms with Crippen molar-refractivity contribution in [1.82, 2.24) is 10.2 Å². The Morgan fingerprint density at radius 3 is 2.61 bits per heavy atom. The number of nitrogens with zero attached hydrogens (tertiary/aromatic N) is 2. The molecule has 1 N–H and O–H groups in total. The van der Waals surface area contributed by atoms with Gasteiger partial charge in [-0.2, -0.15) is 0 Å². The highest BCUT2D eigenvalue weighted by Gasteiger charge is 2.36. The molecule has 172 valence electrons. The molecule has 1 saturated heterocycles. The first-order valence-electron chi connectivity index (χ1n) is 13.0. The maximum Gasteiger partial charge on any atom is 0.230 e. The normalized spacial score (nSPS) is 27.8. The van der Waals surface area contributed by atoms with Gasteiger partial charge in [0.15, 0.2) is 0 Å². The van der Waals surface area contributed by atoms with E-state index in [4.69, 9.17) is 0 Å². The van der Waals surface area contributed by atoms with Gasteiger partial charge in [0, 0.05) is 49.9 Å². The number of anilines is 1. The van der Waals surface area contributed by atoms with E-state index in [1.807, 2.05) is 0 Å². The lowest BCUT2D eigenvalue weighted by Crippen LogP contribution is -2.48. The van der Waals surface area contributed by atoms with E-state index >= 15 is 0 Å². The summed E-state index contributed by atoms with van der Waals surface area (Å²) in [6.07, 6.45) is 10.8. The van der Waals surface area contributed by atoms with Crippen LogP contribution in [0.15, 0.2) is 18.2 Å². The minimum atomic E-state index is 0.235. The first-order valence-corrected chi connectivity index (χ1v) is 13.0. The third kappa shape index (κ3) is 5.34. The molecule has 1 aromatic rings. The number of unbranched alkanes of at least 4 members (excludes halogenated alkanes) is 1. The molecule has 0 radical (unpaired) electrons. The Hall–Kier alpha value is -1.39. The van der Waals surface area contributed by atoms with Crippen molar-refractivity contribution in [3.8, 4) is 0 Å². The first kappa shape index (κ1) is 22.8. The fourth-order valence-electron chi connectivity index (χ4n) is 6.13. The minimum Gasteiger partial charge on any atom is -0.314 e. The van der Waals surface area contributed by atoms with Crippen LogP contribution < -0.4 is 10.2 Å². The Morgan fingerprint density at radius 1 is 1.16 bits per heavy atom. The first-order chi connectivity index (χ1) is 15.1. The average Bonchev–Trinajstić information content (AvgIpc) is 3.13. The summed E-state index contributed by atoms with van der Waals surface area (Å²) in [5.74, 6) is 1.48. The standard InChI is InChI=1S/C27H43N3O/c1-4-5-6-22-7-10-24(11-8-22)27(31)30-21(3)18-25-19-23(9-12-26(25)30)17-20(2)29-15-13-28-14-16-29/h9,12,19-22,24,28H,4-8,10-11,13-18H2,1-3H3. The van der Waals surface area contributed by atoms with Crippen molar-refractivity contribution in [2.75, 3.05) is 31.1 Å². The van der Waals surface area contributed by atoms with E-state index in [2.05, 4.69) is 54.1 Å². The molecular weight excluding hydrogens is 382 g/mol. The van der Waals surface area contributed by atoms with Crippen LogP contribution in [0.25, 0.3) is 0 Å². The molecule has 2 atom stereocenters. The molecule has 1 saturated carbocycles. The highest BCUT2D eigenvalue weighted by atomic mass is 16.2. The largest absolute Gasteiger partial charge is 0.314 e. The molecule has 31 heavy (non-hydrogen) atoms. The molecule has 4 rings (SSSR count). The maximum atomic E-state index is 13.5. The van der Waals surface area contributed by atoms with Gasteiger partial charge in [0.05, 0.1) is 0 Å². The van der Waals surface area contributed by atoms with Crippen LogP contribution in [-0.4, -0.2) is 49.1 Å². The Balaban J connectivity index is 1.38. The second-order valence-corrected chi connectivity index (χ2v) is 10.4. The number of hydrogen-bond acceptors (Lipinski definition) is 3. The summed E-state index contributed by atoms with van der Waals surface area (Å²) in [5.41, 5.74) is 3.98. The zero-order valence-corrected chi connectivity index (χ0v) is 20.0. The third-order valence-corrected chi connectivity index (χ3v) is 8.06. The molecule has 4 nitrogen and oxygen atoms in total. The molecule has 2 aliphatic heterocycles. The molecule has 2 heterocycles. The van der Waals surface area contributed by atoms with Crippen molar-refractivity contribution >= 4 is 11.6 Å². The second-order valence-electron chi connectivity index (χ2n) is 10.4. The van der Waals surface area contributed by atoms with Gasteiger partial charge >= 0.3 is 0 Å². The molecule has 0 spiro atoms. The highest BCUT2D eigenvalue weighted by Crippen LogP contribution is 2.38. The summed E-state index contributed by atoms with van der Waals surface area (Å²) >= 11 is 0. The molecule has 0 bridgehead atoms. The molecule has 1 aromatic carbocycles. The number of fused-ring (bicyclic) bond motifs is 1. The summed E-state index contributed by atoms with van der Waals surface area (Å²) in [7, 11) is 0. The quantitative estimate of drug-likeness (QED) is 0.682. The van der Waals surface area contributed by atoms with Gasteiger partial charge in [-0.1, -0.05) is 38.3 Å². The zero-order valence-electron chi connectivity index (χ0n) is 20.0. The number of piperazine rings is 1. The van der Waals surface area contributed by atoms with E-state index in [9.17, 15) is 4.79 Å². The summed E-state index contributed by atoms with van der Waals surface area (Å²) in [4.78, 5) is 18.2. The summed E-state index contributed by atoms with van der Waals surface area (Å²) in [6, 6.07) is 7.76. The molecule has 0 aromatic heterocycles. The number of benzene rings is 1. The second kappa shape index (κ2) is 10.5. The summed E-state index contributed by atoms with van der Waals surface area (Å²) in [5, 5.41) is 3.45. The van der Waals surface area contributed by atoms with Gasteiger partial charge in [0.25, 0.3) is 0 Å². The van der Waals surface area contributed by atoms with Gasteiger partial charge in [-0.05, 0) is 75.5 Å². The van der Waals surface area contributed by atoms with Gasteiger partial charge in [-0.3, -0.25) is 9.69 Å². The topological polar surface area (TPSA) is 35.6 Å². The molecule has 1 aliphatic carbocycles. The van der Waals surface area contributed by atoms with E-state index in [1.54, 1.807) is 0 Å². The molecule has 2 unspecified atom stereocenters. The number of hydrogen-bond donors (Lipinski definition) is 1. The van der Waals surface area contributed by atoms with Crippen LogP contribution in [0.5, 0.6) is 0 Å². The third-order valence-electron chi connectivity index (χ3n) is 8.06. The Bertz CT molecular complexity index is 734. The van der Waals surface area contributed by atoms with Crippen LogP contribution in [0.3, 0.4) is 0 Å². The number of nitrogens with one attached hydrogen (secondary N) is 1. The molecule has 1 amide bonds. The van der Waals surface area contributed by atoms with E-state index in [1.165, 1.54) is 48.9 Å². The predicted molar refractivity (Wildman–Crippen MR) is 130 cm³/mol. The number of carbonyl (C=O) groups is 1. The lowest BCUT2D eigenvalue weighted by atomic mass is 9.79. The van der Waals surface area contributed by atoms with E-state index < -0.39 is 0 Å². The highest BCUT2D eigenvalue weighted by molar-refractivity contribution is 5.97. The van der Waals surface area contributed by atoms with Crippen molar-refractivity contribution in [1.29, 1.82) is 0 Å². The van der Waals surface area contributed by atoms with Gasteiger partial charge in [-0.15, -0.1) is 0 Å². The van der Waals surface area contributed by atoms with E-state index in [0.29, 0.717) is 18.0 Å². The number of amides is 1. The van der Waals surface area contributed by atoms with Crippen molar-refractivity contribution in [3.63, 3.8) is 0 Å². The predicted octanol–water partition coefficient (Wildman–Crippen LogP) is 4.80. The lowest BCUT2D eigenvalue weighted by molar-refractivity contribution is -0.123. The maximum absolute atomic E-state index is 13.5. The van der Waals surface area contributed by atoms with Gasteiger partial charge in [0.1, 0.15) is 0 Å². The smallest absolute Gasteiger partial charge is 0.230 e. The summed E-state index contributed by atoms with van der Waals surface area (Å²) in [6.45, 7) is 11.4. The van der Waals surface area contributed by atoms with Gasteiger partial charge < -0.3 is 10.2 Å². The fourth-order valence-corrected chi connectivity index (χ4v) is 6.13. The monoisotopic (exact) mass is 425 g/mol. The lowest BCUT2D eigenvalue weighted by Gasteiger charge is -2.33. The number of rotatable bonds is 7. The van der Waals surface area contributed by atoms with E-state index in [0.717, 1.165) is 57.8 Å². The Kier molecular flexibility index (Phi) is 7.71. The van der Waals surface area contributed by atoms with Crippen molar-refractivity contribution < 1.29 is 4.79 Å². The molecule has 4 heteroatoms. The van der Waals surface area contributed by atoms with Crippen molar-refractivity contribution in [2.45, 2.75) is 90.6 Å². The summed E-state index contributed by atoms with van der Waals surface area (Å²) < 4.78 is 0. The average molecular weight is 426 g/mol. The van der Waals surface area contributed by atoms with Gasteiger partial charge in [-0.25, -0.2) is 0 Å². The SMILES string of the molecule is CCCCC1CCC(C(=O)N2c3ccc(CC(C)N4CCNCC4)cc3CC2C)CC1. The van der Waals surface area contributed by atoms with Crippen LogP contribution in [0.4, 0.5) is 5.69 Å². The fraction of sp³-hybridized carbons (Fsp3) is 0.741. The Morgan fingerprint density at radius 2 is 1.90 bits per heavy atom. The number of carbonyl (C=O) groups excluding carboxylic acids is 1.